The van der Waals surface area contributed by atoms with Gasteiger partial charge >= 0.3 is 0 Å². The maximum atomic E-state index is 13.0. The molecule has 3 fully saturated rings. The standard InChI is InChI=1S/C17H31N3O/c1-2-17(7-9-18-10-8-17)16(21)20-13-5-15(6-14-20)19-11-3-4-12-19/h15,18H,2-14H2,1H3. The van der Waals surface area contributed by atoms with Gasteiger partial charge in [-0.15, -0.1) is 0 Å². The predicted octanol–water partition coefficient (Wildman–Crippen LogP) is 1.85. The van der Waals surface area contributed by atoms with Crippen molar-refractivity contribution in [1.82, 2.24) is 15.1 Å². The van der Waals surface area contributed by atoms with Gasteiger partial charge in [0, 0.05) is 19.1 Å². The smallest absolute Gasteiger partial charge is 0.228 e. The molecule has 4 nitrogen and oxygen atoms in total. The van der Waals surface area contributed by atoms with E-state index in [0.29, 0.717) is 5.91 Å². The van der Waals surface area contributed by atoms with Gasteiger partial charge in [-0.3, -0.25) is 4.79 Å². The molecule has 0 aromatic heterocycles. The number of piperidine rings is 2. The van der Waals surface area contributed by atoms with Crippen LogP contribution in [0.4, 0.5) is 0 Å². The zero-order chi connectivity index (χ0) is 14.7. The van der Waals surface area contributed by atoms with E-state index in [1.165, 1.54) is 38.8 Å². The summed E-state index contributed by atoms with van der Waals surface area (Å²) >= 11 is 0. The van der Waals surface area contributed by atoms with Crippen LogP contribution in [0.15, 0.2) is 0 Å². The maximum Gasteiger partial charge on any atom is 0.228 e. The summed E-state index contributed by atoms with van der Waals surface area (Å²) in [6.45, 7) is 8.73. The fraction of sp³-hybridized carbons (Fsp3) is 0.941. The molecule has 3 aliphatic rings. The monoisotopic (exact) mass is 293 g/mol. The van der Waals surface area contributed by atoms with Crippen LogP contribution in [0, 0.1) is 5.41 Å². The van der Waals surface area contributed by atoms with Gasteiger partial charge in [0.1, 0.15) is 0 Å². The summed E-state index contributed by atoms with van der Waals surface area (Å²) < 4.78 is 0. The van der Waals surface area contributed by atoms with Crippen molar-refractivity contribution in [3.8, 4) is 0 Å². The van der Waals surface area contributed by atoms with Gasteiger partial charge in [-0.25, -0.2) is 0 Å². The molecule has 3 heterocycles. The minimum absolute atomic E-state index is 0.0638. The van der Waals surface area contributed by atoms with Crippen molar-refractivity contribution in [3.63, 3.8) is 0 Å². The Morgan fingerprint density at radius 1 is 1.10 bits per heavy atom. The van der Waals surface area contributed by atoms with E-state index in [9.17, 15) is 4.79 Å². The van der Waals surface area contributed by atoms with E-state index in [1.54, 1.807) is 0 Å². The summed E-state index contributed by atoms with van der Waals surface area (Å²) in [5, 5.41) is 3.40. The molecule has 21 heavy (non-hydrogen) atoms. The minimum atomic E-state index is -0.0638. The molecule has 0 atom stereocenters. The Bertz CT molecular complexity index is 351. The number of carbonyl (C=O) groups excluding carboxylic acids is 1. The molecule has 3 rings (SSSR count). The van der Waals surface area contributed by atoms with Crippen LogP contribution in [0.25, 0.3) is 0 Å². The van der Waals surface area contributed by atoms with E-state index < -0.39 is 0 Å². The van der Waals surface area contributed by atoms with Gasteiger partial charge in [-0.1, -0.05) is 6.92 Å². The summed E-state index contributed by atoms with van der Waals surface area (Å²) in [5.74, 6) is 0.450. The molecule has 0 radical (unpaired) electrons. The molecule has 1 amide bonds. The maximum absolute atomic E-state index is 13.0. The average molecular weight is 293 g/mol. The first-order valence-electron chi connectivity index (χ1n) is 8.99. The van der Waals surface area contributed by atoms with Gasteiger partial charge in [0.25, 0.3) is 0 Å². The second-order valence-corrected chi connectivity index (χ2v) is 7.15. The average Bonchev–Trinajstić information content (AvgIpc) is 3.09. The number of rotatable bonds is 3. The van der Waals surface area contributed by atoms with Crippen LogP contribution in [0.2, 0.25) is 0 Å². The zero-order valence-electron chi connectivity index (χ0n) is 13.6. The number of carbonyl (C=O) groups is 1. The molecular formula is C17H31N3O. The van der Waals surface area contributed by atoms with Crippen LogP contribution in [-0.2, 0) is 4.79 Å². The van der Waals surface area contributed by atoms with Crippen LogP contribution in [0.3, 0.4) is 0 Å². The van der Waals surface area contributed by atoms with E-state index in [1.807, 2.05) is 0 Å². The molecular weight excluding hydrogens is 262 g/mol. The Morgan fingerprint density at radius 3 is 2.29 bits per heavy atom. The van der Waals surface area contributed by atoms with Crippen molar-refractivity contribution in [2.24, 2.45) is 5.41 Å². The first-order chi connectivity index (χ1) is 10.2. The Labute approximate surface area is 129 Å². The molecule has 3 saturated heterocycles. The lowest BCUT2D eigenvalue weighted by Crippen LogP contribution is -2.53. The molecule has 3 aliphatic heterocycles. The van der Waals surface area contributed by atoms with Crippen molar-refractivity contribution in [1.29, 1.82) is 0 Å². The first-order valence-corrected chi connectivity index (χ1v) is 8.99. The molecule has 4 heteroatoms. The predicted molar refractivity (Wildman–Crippen MR) is 85.2 cm³/mol. The van der Waals surface area contributed by atoms with Gasteiger partial charge in [0.2, 0.25) is 5.91 Å². The van der Waals surface area contributed by atoms with Crippen LogP contribution >= 0.6 is 0 Å². The summed E-state index contributed by atoms with van der Waals surface area (Å²) in [6.07, 6.45) is 8.14. The van der Waals surface area contributed by atoms with Crippen LogP contribution in [-0.4, -0.2) is 61.0 Å². The molecule has 0 spiro atoms. The summed E-state index contributed by atoms with van der Waals surface area (Å²) in [6, 6.07) is 0.738. The molecule has 1 N–H and O–H groups in total. The Hall–Kier alpha value is -0.610. The van der Waals surface area contributed by atoms with Gasteiger partial charge < -0.3 is 15.1 Å². The highest BCUT2D eigenvalue weighted by molar-refractivity contribution is 5.83. The van der Waals surface area contributed by atoms with E-state index in [0.717, 1.165) is 51.5 Å². The largest absolute Gasteiger partial charge is 0.342 e. The Kier molecular flexibility index (Phi) is 4.85. The number of hydrogen-bond donors (Lipinski definition) is 1. The van der Waals surface area contributed by atoms with E-state index in [4.69, 9.17) is 0 Å². The number of nitrogens with one attached hydrogen (secondary N) is 1. The van der Waals surface area contributed by atoms with Crippen molar-refractivity contribution in [3.05, 3.63) is 0 Å². The van der Waals surface area contributed by atoms with Gasteiger partial charge in [-0.2, -0.15) is 0 Å². The number of likely N-dealkylation sites (tertiary alicyclic amines) is 2. The molecule has 0 bridgehead atoms. The topological polar surface area (TPSA) is 35.6 Å². The van der Waals surface area contributed by atoms with E-state index >= 15 is 0 Å². The third kappa shape index (κ3) is 3.11. The fourth-order valence-corrected chi connectivity index (χ4v) is 4.50. The van der Waals surface area contributed by atoms with Crippen molar-refractivity contribution in [2.45, 2.75) is 57.9 Å². The highest BCUT2D eigenvalue weighted by atomic mass is 16.2. The normalized spacial score (nSPS) is 28.0. The number of hydrogen-bond acceptors (Lipinski definition) is 3. The number of nitrogens with zero attached hydrogens (tertiary/aromatic N) is 2. The summed E-state index contributed by atoms with van der Waals surface area (Å²) in [5.41, 5.74) is -0.0638. The summed E-state index contributed by atoms with van der Waals surface area (Å²) in [7, 11) is 0. The fourth-order valence-electron chi connectivity index (χ4n) is 4.50. The van der Waals surface area contributed by atoms with Crippen LogP contribution in [0.1, 0.15) is 51.9 Å². The van der Waals surface area contributed by atoms with Crippen molar-refractivity contribution < 1.29 is 4.79 Å². The molecule has 0 aromatic rings. The highest BCUT2D eigenvalue weighted by Gasteiger charge is 2.41. The second-order valence-electron chi connectivity index (χ2n) is 7.15. The minimum Gasteiger partial charge on any atom is -0.342 e. The SMILES string of the molecule is CCC1(C(=O)N2CCC(N3CCCC3)CC2)CCNCC1. The van der Waals surface area contributed by atoms with Gasteiger partial charge in [-0.05, 0) is 71.1 Å². The summed E-state index contributed by atoms with van der Waals surface area (Å²) in [4.78, 5) is 17.9. The lowest BCUT2D eigenvalue weighted by Gasteiger charge is -2.43. The van der Waals surface area contributed by atoms with Gasteiger partial charge in [0.15, 0.2) is 0 Å². The molecule has 0 unspecified atom stereocenters. The van der Waals surface area contributed by atoms with Crippen molar-refractivity contribution in [2.75, 3.05) is 39.3 Å². The Balaban J connectivity index is 1.56. The third-order valence-electron chi connectivity index (χ3n) is 6.10. The molecule has 120 valence electrons. The first kappa shape index (κ1) is 15.3. The lowest BCUT2D eigenvalue weighted by molar-refractivity contribution is -0.145. The second kappa shape index (κ2) is 6.66. The lowest BCUT2D eigenvalue weighted by atomic mass is 9.75. The molecule has 0 aliphatic carbocycles. The zero-order valence-corrected chi connectivity index (χ0v) is 13.6. The van der Waals surface area contributed by atoms with Crippen molar-refractivity contribution >= 4 is 5.91 Å². The van der Waals surface area contributed by atoms with Gasteiger partial charge in [0.05, 0.1) is 5.41 Å². The Morgan fingerprint density at radius 2 is 1.71 bits per heavy atom. The van der Waals surface area contributed by atoms with Crippen LogP contribution in [0.5, 0.6) is 0 Å². The van der Waals surface area contributed by atoms with E-state index in [-0.39, 0.29) is 5.41 Å². The highest BCUT2D eigenvalue weighted by Crippen LogP contribution is 2.35. The molecule has 0 aromatic carbocycles. The molecule has 0 saturated carbocycles. The number of amides is 1. The third-order valence-corrected chi connectivity index (χ3v) is 6.10. The van der Waals surface area contributed by atoms with E-state index in [2.05, 4.69) is 22.0 Å². The van der Waals surface area contributed by atoms with Crippen LogP contribution < -0.4 is 5.32 Å². The quantitative estimate of drug-likeness (QED) is 0.862.